The Kier molecular flexibility index (Phi) is 5.49. The van der Waals surface area contributed by atoms with Crippen LogP contribution in [0, 0.1) is 10.8 Å². The molecule has 1 aliphatic rings. The molecule has 150 valence electrons. The zero-order valence-corrected chi connectivity index (χ0v) is 17.8. The number of hydrogen-bond acceptors (Lipinski definition) is 5. The third-order valence-corrected chi connectivity index (χ3v) is 5.42. The quantitative estimate of drug-likeness (QED) is 0.786. The Morgan fingerprint density at radius 2 is 1.81 bits per heavy atom. The topological polar surface area (TPSA) is 83.9 Å². The maximum atomic E-state index is 13.2. The maximum Gasteiger partial charge on any atom is 0.326 e. The lowest BCUT2D eigenvalue weighted by Gasteiger charge is -2.38. The summed E-state index contributed by atoms with van der Waals surface area (Å²) in [6.07, 6.45) is 0.0135. The van der Waals surface area contributed by atoms with Gasteiger partial charge in [0.15, 0.2) is 0 Å². The van der Waals surface area contributed by atoms with E-state index in [0.717, 1.165) is 5.56 Å². The van der Waals surface area contributed by atoms with E-state index in [1.165, 1.54) is 16.2 Å². The van der Waals surface area contributed by atoms with Gasteiger partial charge in [0, 0.05) is 5.41 Å². The average Bonchev–Trinajstić information content (AvgIpc) is 3.09. The first-order valence-corrected chi connectivity index (χ1v) is 9.94. The predicted molar refractivity (Wildman–Crippen MR) is 103 cm³/mol. The van der Waals surface area contributed by atoms with E-state index < -0.39 is 40.5 Å². The van der Waals surface area contributed by atoms with Crippen molar-refractivity contribution < 1.29 is 24.2 Å². The van der Waals surface area contributed by atoms with E-state index >= 15 is 0 Å². The molecule has 0 aromatic carbocycles. The van der Waals surface area contributed by atoms with Crippen LogP contribution in [-0.4, -0.2) is 39.5 Å². The molecule has 1 aromatic rings. The van der Waals surface area contributed by atoms with Crippen LogP contribution in [0.15, 0.2) is 16.8 Å². The van der Waals surface area contributed by atoms with Crippen molar-refractivity contribution in [2.75, 3.05) is 0 Å². The Morgan fingerprint density at radius 3 is 2.22 bits per heavy atom. The highest BCUT2D eigenvalue weighted by Crippen LogP contribution is 2.52. The minimum absolute atomic E-state index is 0.0135. The van der Waals surface area contributed by atoms with Gasteiger partial charge in [0.1, 0.15) is 11.6 Å². The molecule has 2 heterocycles. The number of rotatable bonds is 3. The van der Waals surface area contributed by atoms with Gasteiger partial charge in [0.05, 0.1) is 11.5 Å². The van der Waals surface area contributed by atoms with Crippen molar-refractivity contribution in [2.24, 2.45) is 10.8 Å². The summed E-state index contributed by atoms with van der Waals surface area (Å²) in [6, 6.07) is 0.0658. The fourth-order valence-electron chi connectivity index (χ4n) is 3.50. The van der Waals surface area contributed by atoms with Crippen LogP contribution in [0.1, 0.15) is 66.5 Å². The Bertz CT molecular complexity index is 729. The number of aliphatic carboxylic acids is 1. The molecule has 6 nitrogen and oxygen atoms in total. The first kappa shape index (κ1) is 21.4. The van der Waals surface area contributed by atoms with Crippen molar-refractivity contribution in [1.29, 1.82) is 0 Å². The van der Waals surface area contributed by atoms with Crippen molar-refractivity contribution in [2.45, 2.75) is 72.6 Å². The van der Waals surface area contributed by atoms with E-state index in [0.29, 0.717) is 0 Å². The number of hydrogen-bond donors (Lipinski definition) is 1. The fourth-order valence-corrected chi connectivity index (χ4v) is 4.18. The number of carbonyl (C=O) groups is 3. The van der Waals surface area contributed by atoms with Crippen molar-refractivity contribution in [3.8, 4) is 0 Å². The molecule has 0 spiro atoms. The molecule has 1 saturated heterocycles. The Hall–Kier alpha value is -1.89. The highest BCUT2D eigenvalue weighted by Gasteiger charge is 2.60. The second-order valence-corrected chi connectivity index (χ2v) is 10.2. The molecule has 1 amide bonds. The van der Waals surface area contributed by atoms with Gasteiger partial charge in [-0.05, 0) is 56.5 Å². The van der Waals surface area contributed by atoms with Gasteiger partial charge in [-0.3, -0.25) is 9.59 Å². The lowest BCUT2D eigenvalue weighted by atomic mass is 9.78. The summed E-state index contributed by atoms with van der Waals surface area (Å²) in [6.45, 7) is 12.3. The van der Waals surface area contributed by atoms with E-state index in [9.17, 15) is 19.5 Å². The Labute approximate surface area is 164 Å². The molecule has 1 aromatic heterocycles. The molecule has 1 aliphatic heterocycles. The number of carbonyl (C=O) groups excluding carboxylic acids is 2. The van der Waals surface area contributed by atoms with Crippen LogP contribution in [0.25, 0.3) is 0 Å². The molecule has 27 heavy (non-hydrogen) atoms. The number of esters is 1. The third-order valence-electron chi connectivity index (χ3n) is 4.72. The van der Waals surface area contributed by atoms with Gasteiger partial charge in [-0.2, -0.15) is 11.3 Å². The van der Waals surface area contributed by atoms with E-state index in [1.54, 1.807) is 48.5 Å². The number of ether oxygens (including phenoxy) is 1. The van der Waals surface area contributed by atoms with Crippen LogP contribution in [0.5, 0.6) is 0 Å². The smallest absolute Gasteiger partial charge is 0.326 e. The highest BCUT2D eigenvalue weighted by atomic mass is 32.1. The number of thiophene rings is 1. The lowest BCUT2D eigenvalue weighted by Crippen LogP contribution is -2.48. The lowest BCUT2D eigenvalue weighted by molar-refractivity contribution is -0.169. The van der Waals surface area contributed by atoms with Crippen molar-refractivity contribution in [1.82, 2.24) is 4.90 Å². The van der Waals surface area contributed by atoms with Crippen molar-refractivity contribution in [3.63, 3.8) is 0 Å². The number of amides is 1. The highest BCUT2D eigenvalue weighted by molar-refractivity contribution is 7.08. The zero-order valence-electron chi connectivity index (χ0n) is 17.0. The molecule has 3 atom stereocenters. The Balaban J connectivity index is 2.62. The van der Waals surface area contributed by atoms with Gasteiger partial charge in [-0.15, -0.1) is 0 Å². The second kappa shape index (κ2) is 6.93. The molecule has 7 heteroatoms. The van der Waals surface area contributed by atoms with Gasteiger partial charge < -0.3 is 14.7 Å². The standard InChI is InChI=1S/C20H29NO5S/c1-18(2,3)16(24)21-13(15(22)23)10-20(7,17(25)26-19(4,5)6)14(21)12-8-9-27-11-12/h8-9,11,13-14H,10H2,1-7H3,(H,22,23)/t13-,14+,20-/m0/s1. The summed E-state index contributed by atoms with van der Waals surface area (Å²) < 4.78 is 5.63. The Morgan fingerprint density at radius 1 is 1.22 bits per heavy atom. The van der Waals surface area contributed by atoms with Crippen molar-refractivity contribution >= 4 is 29.2 Å². The first-order valence-electron chi connectivity index (χ1n) is 8.99. The van der Waals surface area contributed by atoms with E-state index in [2.05, 4.69) is 0 Å². The third kappa shape index (κ3) is 4.18. The molecule has 0 aliphatic carbocycles. The molecule has 0 radical (unpaired) electrons. The van der Waals surface area contributed by atoms with Crippen LogP contribution in [0.2, 0.25) is 0 Å². The molecular formula is C20H29NO5S. The summed E-state index contributed by atoms with van der Waals surface area (Å²) in [7, 11) is 0. The summed E-state index contributed by atoms with van der Waals surface area (Å²) in [4.78, 5) is 39.7. The number of nitrogens with zero attached hydrogens (tertiary/aromatic N) is 1. The van der Waals surface area contributed by atoms with Gasteiger partial charge in [0.25, 0.3) is 0 Å². The summed E-state index contributed by atoms with van der Waals surface area (Å²) >= 11 is 1.45. The zero-order chi connectivity index (χ0) is 20.8. The second-order valence-electron chi connectivity index (χ2n) is 9.40. The fraction of sp³-hybridized carbons (Fsp3) is 0.650. The first-order chi connectivity index (χ1) is 12.2. The van der Waals surface area contributed by atoms with E-state index in [1.807, 2.05) is 16.8 Å². The SMILES string of the molecule is CC(C)(C)OC(=O)[C@@]1(C)C[C@@H](C(=O)O)N(C(=O)C(C)(C)C)[C@@H]1c1ccsc1. The van der Waals surface area contributed by atoms with Crippen LogP contribution < -0.4 is 0 Å². The summed E-state index contributed by atoms with van der Waals surface area (Å²) in [5.74, 6) is -1.89. The number of carboxylic acids is 1. The summed E-state index contributed by atoms with van der Waals surface area (Å²) in [5.41, 5.74) is -1.88. The molecule has 0 bridgehead atoms. The molecule has 0 saturated carbocycles. The molecular weight excluding hydrogens is 366 g/mol. The predicted octanol–water partition coefficient (Wildman–Crippen LogP) is 3.87. The van der Waals surface area contributed by atoms with Crippen LogP contribution in [-0.2, 0) is 19.1 Å². The molecule has 0 unspecified atom stereocenters. The maximum absolute atomic E-state index is 13.2. The minimum Gasteiger partial charge on any atom is -0.480 e. The van der Waals surface area contributed by atoms with Gasteiger partial charge in [0.2, 0.25) is 5.91 Å². The number of carboxylic acid groups (broad SMARTS) is 1. The normalized spacial score (nSPS) is 26.1. The van der Waals surface area contributed by atoms with Gasteiger partial charge in [-0.25, -0.2) is 4.79 Å². The summed E-state index contributed by atoms with van der Waals surface area (Å²) in [5, 5.41) is 13.5. The van der Waals surface area contributed by atoms with Gasteiger partial charge in [-0.1, -0.05) is 20.8 Å². The van der Waals surface area contributed by atoms with Crippen molar-refractivity contribution in [3.05, 3.63) is 22.4 Å². The average molecular weight is 396 g/mol. The molecule has 2 rings (SSSR count). The van der Waals surface area contributed by atoms with Crippen LogP contribution >= 0.6 is 11.3 Å². The molecule has 1 fully saturated rings. The van der Waals surface area contributed by atoms with Crippen LogP contribution in [0.4, 0.5) is 0 Å². The van der Waals surface area contributed by atoms with E-state index in [4.69, 9.17) is 4.74 Å². The van der Waals surface area contributed by atoms with Crippen LogP contribution in [0.3, 0.4) is 0 Å². The van der Waals surface area contributed by atoms with E-state index in [-0.39, 0.29) is 12.3 Å². The number of likely N-dealkylation sites (tertiary alicyclic amines) is 1. The minimum atomic E-state index is -1.15. The monoisotopic (exact) mass is 395 g/mol. The largest absolute Gasteiger partial charge is 0.480 e. The van der Waals surface area contributed by atoms with Gasteiger partial charge >= 0.3 is 11.9 Å². The molecule has 1 N–H and O–H groups in total.